The van der Waals surface area contributed by atoms with E-state index in [1.54, 1.807) is 7.05 Å². The minimum absolute atomic E-state index is 0.398. The third-order valence-electron chi connectivity index (χ3n) is 1.10. The Kier molecular flexibility index (Phi) is 1.57. The standard InChI is InChI=1S/C5H8N4O/c1-7-9-3-4(2-8-9)5(6)10/h2-3,7H,1H3,(H2,6,10). The lowest BCUT2D eigenvalue weighted by Gasteiger charge is -1.93. The van der Waals surface area contributed by atoms with Crippen molar-refractivity contribution in [2.45, 2.75) is 0 Å². The normalized spacial score (nSPS) is 9.30. The summed E-state index contributed by atoms with van der Waals surface area (Å²) in [5, 5.41) is 3.76. The summed E-state index contributed by atoms with van der Waals surface area (Å²) >= 11 is 0. The number of amides is 1. The van der Waals surface area contributed by atoms with E-state index in [4.69, 9.17) is 5.73 Å². The molecule has 54 valence electrons. The van der Waals surface area contributed by atoms with Gasteiger partial charge in [0, 0.05) is 7.05 Å². The van der Waals surface area contributed by atoms with Crippen molar-refractivity contribution in [1.82, 2.24) is 9.89 Å². The van der Waals surface area contributed by atoms with Crippen LogP contribution in [0.2, 0.25) is 0 Å². The van der Waals surface area contributed by atoms with E-state index in [1.165, 1.54) is 17.2 Å². The molecule has 0 aliphatic rings. The van der Waals surface area contributed by atoms with Crippen LogP contribution < -0.4 is 11.2 Å². The third-order valence-corrected chi connectivity index (χ3v) is 1.10. The molecule has 1 aromatic rings. The van der Waals surface area contributed by atoms with Gasteiger partial charge in [-0.25, -0.2) is 0 Å². The van der Waals surface area contributed by atoms with Gasteiger partial charge in [-0.15, -0.1) is 0 Å². The Morgan fingerprint density at radius 3 is 2.90 bits per heavy atom. The average molecular weight is 140 g/mol. The Labute approximate surface area is 57.8 Å². The number of aromatic nitrogens is 2. The zero-order chi connectivity index (χ0) is 7.56. The van der Waals surface area contributed by atoms with E-state index >= 15 is 0 Å². The van der Waals surface area contributed by atoms with E-state index in [0.29, 0.717) is 5.56 Å². The van der Waals surface area contributed by atoms with E-state index in [9.17, 15) is 4.79 Å². The Morgan fingerprint density at radius 1 is 1.90 bits per heavy atom. The van der Waals surface area contributed by atoms with Crippen LogP contribution in [0.5, 0.6) is 0 Å². The monoisotopic (exact) mass is 140 g/mol. The SMILES string of the molecule is CNn1cc(C(N)=O)cn1. The number of hydrogen-bond donors (Lipinski definition) is 2. The predicted octanol–water partition coefficient (Wildman–Crippen LogP) is -0.845. The summed E-state index contributed by atoms with van der Waals surface area (Å²) in [6.07, 6.45) is 2.92. The zero-order valence-corrected chi connectivity index (χ0v) is 5.53. The number of rotatable bonds is 2. The van der Waals surface area contributed by atoms with E-state index in [1.807, 2.05) is 0 Å². The third kappa shape index (κ3) is 1.07. The second kappa shape index (κ2) is 2.38. The molecule has 0 atom stereocenters. The molecule has 3 N–H and O–H groups in total. The lowest BCUT2D eigenvalue weighted by atomic mass is 10.4. The van der Waals surface area contributed by atoms with E-state index < -0.39 is 5.91 Å². The van der Waals surface area contributed by atoms with Crippen LogP contribution in [-0.4, -0.2) is 22.8 Å². The minimum Gasteiger partial charge on any atom is -0.365 e. The fourth-order valence-electron chi connectivity index (χ4n) is 0.572. The van der Waals surface area contributed by atoms with Crippen molar-refractivity contribution in [3.63, 3.8) is 0 Å². The molecule has 0 aromatic carbocycles. The molecule has 0 radical (unpaired) electrons. The highest BCUT2D eigenvalue weighted by Crippen LogP contribution is 1.92. The summed E-state index contributed by atoms with van der Waals surface area (Å²) in [6, 6.07) is 0. The van der Waals surface area contributed by atoms with Crippen LogP contribution in [0, 0.1) is 0 Å². The summed E-state index contributed by atoms with van der Waals surface area (Å²) in [5.74, 6) is -0.471. The molecule has 1 amide bonds. The van der Waals surface area contributed by atoms with Crippen LogP contribution in [0.15, 0.2) is 12.4 Å². The zero-order valence-electron chi connectivity index (χ0n) is 5.53. The number of nitrogens with zero attached hydrogens (tertiary/aromatic N) is 2. The topological polar surface area (TPSA) is 72.9 Å². The van der Waals surface area contributed by atoms with Crippen molar-refractivity contribution in [2.24, 2.45) is 5.73 Å². The molecule has 10 heavy (non-hydrogen) atoms. The first-order valence-electron chi connectivity index (χ1n) is 2.76. The highest BCUT2D eigenvalue weighted by atomic mass is 16.1. The lowest BCUT2D eigenvalue weighted by molar-refractivity contribution is 0.100. The Bertz CT molecular complexity index is 242. The summed E-state index contributed by atoms with van der Waals surface area (Å²) in [7, 11) is 1.69. The second-order valence-corrected chi connectivity index (χ2v) is 1.76. The minimum atomic E-state index is -0.471. The molecule has 1 aromatic heterocycles. The van der Waals surface area contributed by atoms with Gasteiger partial charge in [0.15, 0.2) is 0 Å². The van der Waals surface area contributed by atoms with Crippen molar-refractivity contribution in [2.75, 3.05) is 12.5 Å². The smallest absolute Gasteiger partial charge is 0.251 e. The van der Waals surface area contributed by atoms with Crippen LogP contribution in [-0.2, 0) is 0 Å². The van der Waals surface area contributed by atoms with Gasteiger partial charge in [-0.3, -0.25) is 4.79 Å². The van der Waals surface area contributed by atoms with Crippen LogP contribution in [0.3, 0.4) is 0 Å². The van der Waals surface area contributed by atoms with Crippen molar-refractivity contribution in [1.29, 1.82) is 0 Å². The molecule has 0 aliphatic heterocycles. The van der Waals surface area contributed by atoms with Crippen molar-refractivity contribution in [3.05, 3.63) is 18.0 Å². The largest absolute Gasteiger partial charge is 0.365 e. The molecule has 0 fully saturated rings. The molecule has 0 aliphatic carbocycles. The van der Waals surface area contributed by atoms with Crippen molar-refractivity contribution >= 4 is 5.91 Å². The number of nitrogens with one attached hydrogen (secondary N) is 1. The molecule has 0 unspecified atom stereocenters. The number of carbonyl (C=O) groups excluding carboxylic acids is 1. The number of primary amides is 1. The maximum atomic E-state index is 10.5. The Morgan fingerprint density at radius 2 is 2.60 bits per heavy atom. The first-order valence-corrected chi connectivity index (χ1v) is 2.76. The molecule has 0 spiro atoms. The summed E-state index contributed by atoms with van der Waals surface area (Å²) in [4.78, 5) is 11.9. The predicted molar refractivity (Wildman–Crippen MR) is 36.0 cm³/mol. The van der Waals surface area contributed by atoms with Crippen molar-refractivity contribution < 1.29 is 4.79 Å². The molecule has 5 nitrogen and oxygen atoms in total. The summed E-state index contributed by atoms with van der Waals surface area (Å²) < 4.78 is 0. The van der Waals surface area contributed by atoms with Gasteiger partial charge in [0.1, 0.15) is 0 Å². The van der Waals surface area contributed by atoms with Gasteiger partial charge in [0.05, 0.1) is 18.0 Å². The Hall–Kier alpha value is -1.52. The molecular formula is C5H8N4O. The summed E-state index contributed by atoms with van der Waals surface area (Å²) in [5.41, 5.74) is 8.06. The first-order chi connectivity index (χ1) is 4.74. The van der Waals surface area contributed by atoms with E-state index in [0.717, 1.165) is 0 Å². The Balaban J connectivity index is 2.88. The van der Waals surface area contributed by atoms with Crippen molar-refractivity contribution in [3.8, 4) is 0 Å². The van der Waals surface area contributed by atoms with Gasteiger partial charge in [0.25, 0.3) is 5.91 Å². The molecule has 5 heteroatoms. The van der Waals surface area contributed by atoms with Gasteiger partial charge in [0.2, 0.25) is 0 Å². The second-order valence-electron chi connectivity index (χ2n) is 1.76. The van der Waals surface area contributed by atoms with Crippen LogP contribution >= 0.6 is 0 Å². The molecule has 1 rings (SSSR count). The van der Waals surface area contributed by atoms with Gasteiger partial charge in [-0.2, -0.15) is 9.89 Å². The maximum absolute atomic E-state index is 10.5. The van der Waals surface area contributed by atoms with Gasteiger partial charge >= 0.3 is 0 Å². The lowest BCUT2D eigenvalue weighted by Crippen LogP contribution is -2.11. The van der Waals surface area contributed by atoms with E-state index in [-0.39, 0.29) is 0 Å². The number of carbonyl (C=O) groups is 1. The van der Waals surface area contributed by atoms with E-state index in [2.05, 4.69) is 10.5 Å². The number of nitrogens with two attached hydrogens (primary N) is 1. The van der Waals surface area contributed by atoms with Gasteiger partial charge < -0.3 is 11.2 Å². The average Bonchev–Trinajstić information content (AvgIpc) is 2.34. The molecule has 0 saturated carbocycles. The fraction of sp³-hybridized carbons (Fsp3) is 0.200. The summed E-state index contributed by atoms with van der Waals surface area (Å²) in [6.45, 7) is 0. The maximum Gasteiger partial charge on any atom is 0.251 e. The molecule has 1 heterocycles. The highest BCUT2D eigenvalue weighted by Gasteiger charge is 2.01. The molecule has 0 saturated heterocycles. The molecule has 0 bridgehead atoms. The fourth-order valence-corrected chi connectivity index (χ4v) is 0.572. The van der Waals surface area contributed by atoms with Crippen LogP contribution in [0.1, 0.15) is 10.4 Å². The highest BCUT2D eigenvalue weighted by molar-refractivity contribution is 5.92. The quantitative estimate of drug-likeness (QED) is 0.562. The number of hydrogen-bond acceptors (Lipinski definition) is 3. The first kappa shape index (κ1) is 6.60. The molecular weight excluding hydrogens is 132 g/mol. The van der Waals surface area contributed by atoms with Crippen LogP contribution in [0.4, 0.5) is 0 Å². The van der Waals surface area contributed by atoms with Gasteiger partial charge in [-0.1, -0.05) is 0 Å². The van der Waals surface area contributed by atoms with Crippen LogP contribution in [0.25, 0.3) is 0 Å². The van der Waals surface area contributed by atoms with Gasteiger partial charge in [-0.05, 0) is 0 Å².